The fourth-order valence-electron chi connectivity index (χ4n) is 4.47. The quantitative estimate of drug-likeness (QED) is 0.601. The number of hydrogen-bond donors (Lipinski definition) is 0. The lowest BCUT2D eigenvalue weighted by molar-refractivity contribution is 0.401. The van der Waals surface area contributed by atoms with E-state index in [9.17, 15) is 0 Å². The molecule has 0 bridgehead atoms. The Balaban J connectivity index is 1.98. The normalized spacial score (nSPS) is 31.0. The van der Waals surface area contributed by atoms with Gasteiger partial charge in [-0.2, -0.15) is 0 Å². The third kappa shape index (κ3) is 1.16. The van der Waals surface area contributed by atoms with Crippen LogP contribution in [0.25, 0.3) is 0 Å². The van der Waals surface area contributed by atoms with Crippen molar-refractivity contribution < 1.29 is 0 Å². The Morgan fingerprint density at radius 3 is 1.69 bits per heavy atom. The molecular weight excluding hydrogens is 192 g/mol. The summed E-state index contributed by atoms with van der Waals surface area (Å²) >= 11 is 0. The predicted octanol–water partition coefficient (Wildman–Crippen LogP) is 4.32. The van der Waals surface area contributed by atoms with E-state index in [0.29, 0.717) is 0 Å². The lowest BCUT2D eigenvalue weighted by atomic mass is 9.65. The third-order valence-electron chi connectivity index (χ3n) is 5.15. The molecule has 0 saturated carbocycles. The fourth-order valence-corrected chi connectivity index (χ4v) is 4.47. The van der Waals surface area contributed by atoms with Gasteiger partial charge >= 0.3 is 0 Å². The Labute approximate surface area is 98.1 Å². The van der Waals surface area contributed by atoms with Gasteiger partial charge in [-0.3, -0.25) is 0 Å². The molecule has 2 unspecified atom stereocenters. The third-order valence-corrected chi connectivity index (χ3v) is 5.15. The minimum absolute atomic E-state index is 0.938. The maximum atomic E-state index is 2.45. The summed E-state index contributed by atoms with van der Waals surface area (Å²) in [6.07, 6.45) is 11.5. The summed E-state index contributed by atoms with van der Waals surface area (Å²) in [4.78, 5) is 0. The molecule has 0 radical (unpaired) electrons. The van der Waals surface area contributed by atoms with E-state index in [1.54, 1.807) is 11.1 Å². The van der Waals surface area contributed by atoms with E-state index in [2.05, 4.69) is 12.1 Å². The number of hydrogen-bond acceptors (Lipinski definition) is 0. The van der Waals surface area contributed by atoms with Gasteiger partial charge in [0.25, 0.3) is 0 Å². The fraction of sp³-hybridized carbons (Fsp3) is 0.625. The first kappa shape index (κ1) is 9.27. The van der Waals surface area contributed by atoms with Crippen LogP contribution in [0.5, 0.6) is 0 Å². The molecule has 4 rings (SSSR count). The second kappa shape index (κ2) is 3.35. The molecule has 0 spiro atoms. The van der Waals surface area contributed by atoms with Gasteiger partial charge in [0.15, 0.2) is 0 Å². The molecule has 0 amide bonds. The van der Waals surface area contributed by atoms with Crippen LogP contribution in [0.2, 0.25) is 0 Å². The van der Waals surface area contributed by atoms with Crippen LogP contribution in [-0.4, -0.2) is 0 Å². The standard InChI is InChI=1S/C16H20/c1-3-11-7-9-13-5-2-6-14-10-8-12(4-1)15(11)16(13)14/h7,9,12,14H,1-6,8,10H2. The van der Waals surface area contributed by atoms with Gasteiger partial charge in [0.1, 0.15) is 0 Å². The first-order chi connectivity index (χ1) is 7.93. The second-order valence-electron chi connectivity index (χ2n) is 5.97. The Morgan fingerprint density at radius 2 is 1.19 bits per heavy atom. The molecule has 0 heteroatoms. The van der Waals surface area contributed by atoms with E-state index in [0.717, 1.165) is 11.8 Å². The molecule has 0 nitrogen and oxygen atoms in total. The van der Waals surface area contributed by atoms with Crippen molar-refractivity contribution in [3.8, 4) is 0 Å². The Hall–Kier alpha value is -0.780. The topological polar surface area (TPSA) is 0 Å². The van der Waals surface area contributed by atoms with Crippen LogP contribution in [-0.2, 0) is 12.8 Å². The number of aryl methyl sites for hydroxylation is 2. The zero-order chi connectivity index (χ0) is 10.5. The molecular formula is C16H20. The van der Waals surface area contributed by atoms with Crippen molar-refractivity contribution in [3.05, 3.63) is 34.4 Å². The van der Waals surface area contributed by atoms with E-state index >= 15 is 0 Å². The van der Waals surface area contributed by atoms with Crippen LogP contribution in [0.15, 0.2) is 12.1 Å². The SMILES string of the molecule is c1cc2c3c4c1CCCC4CCC3CCC2. The Morgan fingerprint density at radius 1 is 0.688 bits per heavy atom. The minimum atomic E-state index is 0.938. The molecule has 3 aliphatic carbocycles. The van der Waals surface area contributed by atoms with E-state index in [1.807, 2.05) is 11.1 Å². The molecule has 16 heavy (non-hydrogen) atoms. The van der Waals surface area contributed by atoms with Crippen molar-refractivity contribution >= 4 is 0 Å². The van der Waals surface area contributed by atoms with E-state index in [4.69, 9.17) is 0 Å². The summed E-state index contributed by atoms with van der Waals surface area (Å²) < 4.78 is 0. The molecule has 0 heterocycles. The Kier molecular flexibility index (Phi) is 1.94. The highest BCUT2D eigenvalue weighted by Gasteiger charge is 2.34. The highest BCUT2D eigenvalue weighted by Crippen LogP contribution is 2.50. The second-order valence-corrected chi connectivity index (χ2v) is 5.97. The molecule has 0 aliphatic heterocycles. The van der Waals surface area contributed by atoms with Gasteiger partial charge in [-0.1, -0.05) is 12.1 Å². The van der Waals surface area contributed by atoms with E-state index in [1.165, 1.54) is 51.4 Å². The summed E-state index contributed by atoms with van der Waals surface area (Å²) in [5.74, 6) is 1.88. The van der Waals surface area contributed by atoms with Gasteiger partial charge in [0, 0.05) is 0 Å². The van der Waals surface area contributed by atoms with Crippen LogP contribution in [0.3, 0.4) is 0 Å². The van der Waals surface area contributed by atoms with Gasteiger partial charge in [0.05, 0.1) is 0 Å². The average molecular weight is 212 g/mol. The van der Waals surface area contributed by atoms with E-state index in [-0.39, 0.29) is 0 Å². The minimum Gasteiger partial charge on any atom is -0.0585 e. The molecule has 0 aromatic heterocycles. The summed E-state index contributed by atoms with van der Waals surface area (Å²) in [6.45, 7) is 0. The summed E-state index contributed by atoms with van der Waals surface area (Å²) in [7, 11) is 0. The van der Waals surface area contributed by atoms with Crippen LogP contribution in [0, 0.1) is 0 Å². The molecule has 84 valence electrons. The Bertz CT molecular complexity index is 389. The van der Waals surface area contributed by atoms with Crippen molar-refractivity contribution in [1.82, 2.24) is 0 Å². The highest BCUT2D eigenvalue weighted by atomic mass is 14.4. The van der Waals surface area contributed by atoms with Crippen molar-refractivity contribution in [1.29, 1.82) is 0 Å². The smallest absolute Gasteiger partial charge is 0.0156 e. The highest BCUT2D eigenvalue weighted by molar-refractivity contribution is 5.49. The van der Waals surface area contributed by atoms with Gasteiger partial charge < -0.3 is 0 Å². The number of benzene rings is 1. The molecule has 1 aromatic carbocycles. The zero-order valence-electron chi connectivity index (χ0n) is 9.97. The summed E-state index contributed by atoms with van der Waals surface area (Å²) in [5, 5.41) is 0. The first-order valence-electron chi connectivity index (χ1n) is 7.08. The molecule has 1 aromatic rings. The van der Waals surface area contributed by atoms with E-state index < -0.39 is 0 Å². The van der Waals surface area contributed by atoms with Gasteiger partial charge in [-0.25, -0.2) is 0 Å². The largest absolute Gasteiger partial charge is 0.0585 e. The van der Waals surface area contributed by atoms with Crippen molar-refractivity contribution in [3.63, 3.8) is 0 Å². The molecule has 0 fully saturated rings. The molecule has 3 aliphatic rings. The van der Waals surface area contributed by atoms with Crippen molar-refractivity contribution in [2.45, 2.75) is 63.2 Å². The van der Waals surface area contributed by atoms with Crippen molar-refractivity contribution in [2.24, 2.45) is 0 Å². The monoisotopic (exact) mass is 212 g/mol. The lowest BCUT2D eigenvalue weighted by Gasteiger charge is -2.40. The molecule has 0 N–H and O–H groups in total. The summed E-state index contributed by atoms with van der Waals surface area (Å²) in [6, 6.07) is 4.90. The van der Waals surface area contributed by atoms with Crippen LogP contribution in [0.4, 0.5) is 0 Å². The number of rotatable bonds is 0. The zero-order valence-corrected chi connectivity index (χ0v) is 9.97. The van der Waals surface area contributed by atoms with Gasteiger partial charge in [-0.15, -0.1) is 0 Å². The van der Waals surface area contributed by atoms with Crippen LogP contribution in [0.1, 0.15) is 72.6 Å². The van der Waals surface area contributed by atoms with Crippen molar-refractivity contribution in [2.75, 3.05) is 0 Å². The maximum Gasteiger partial charge on any atom is -0.0156 e. The van der Waals surface area contributed by atoms with Gasteiger partial charge in [0.2, 0.25) is 0 Å². The van der Waals surface area contributed by atoms with Crippen LogP contribution >= 0.6 is 0 Å². The average Bonchev–Trinajstić information content (AvgIpc) is 2.36. The predicted molar refractivity (Wildman–Crippen MR) is 67.0 cm³/mol. The maximum absolute atomic E-state index is 2.45. The molecule has 2 atom stereocenters. The lowest BCUT2D eigenvalue weighted by Crippen LogP contribution is -2.24. The first-order valence-corrected chi connectivity index (χ1v) is 7.08. The van der Waals surface area contributed by atoms with Crippen LogP contribution < -0.4 is 0 Å². The van der Waals surface area contributed by atoms with Gasteiger partial charge in [-0.05, 0) is 85.5 Å². The summed E-state index contributed by atoms with van der Waals surface area (Å²) in [5.41, 5.74) is 7.09. The molecule has 0 saturated heterocycles.